The summed E-state index contributed by atoms with van der Waals surface area (Å²) in [6.45, 7) is 0.253. The Morgan fingerprint density at radius 2 is 2.00 bits per heavy atom. The normalized spacial score (nSPS) is 10.5. The SMILES string of the molecule is NCc1nc(Cc2ccc(O)cc2)no1. The van der Waals surface area contributed by atoms with Crippen molar-refractivity contribution in [3.63, 3.8) is 0 Å². The zero-order chi connectivity index (χ0) is 10.7. The van der Waals surface area contributed by atoms with Crippen LogP contribution in [-0.4, -0.2) is 15.2 Å². The van der Waals surface area contributed by atoms with Gasteiger partial charge in [-0.2, -0.15) is 4.98 Å². The highest BCUT2D eigenvalue weighted by atomic mass is 16.5. The number of hydrogen-bond acceptors (Lipinski definition) is 5. The number of phenolic OH excluding ortho intramolecular Hbond substituents is 1. The first kappa shape index (κ1) is 9.67. The van der Waals surface area contributed by atoms with Crippen molar-refractivity contribution in [2.45, 2.75) is 13.0 Å². The van der Waals surface area contributed by atoms with Gasteiger partial charge in [-0.3, -0.25) is 0 Å². The fraction of sp³-hybridized carbons (Fsp3) is 0.200. The van der Waals surface area contributed by atoms with E-state index in [4.69, 9.17) is 15.4 Å². The number of aromatic hydroxyl groups is 1. The maximum atomic E-state index is 9.10. The Kier molecular flexibility index (Phi) is 2.64. The monoisotopic (exact) mass is 205 g/mol. The van der Waals surface area contributed by atoms with Crippen LogP contribution < -0.4 is 5.73 Å². The summed E-state index contributed by atoms with van der Waals surface area (Å²) in [7, 11) is 0. The second kappa shape index (κ2) is 4.10. The van der Waals surface area contributed by atoms with Crippen LogP contribution in [0.5, 0.6) is 5.75 Å². The molecular formula is C10H11N3O2. The van der Waals surface area contributed by atoms with Crippen molar-refractivity contribution >= 4 is 0 Å². The predicted octanol–water partition coefficient (Wildman–Crippen LogP) is 0.825. The lowest BCUT2D eigenvalue weighted by atomic mass is 10.1. The van der Waals surface area contributed by atoms with Crippen LogP contribution in [0, 0.1) is 0 Å². The fourth-order valence-corrected chi connectivity index (χ4v) is 1.24. The molecule has 0 spiro atoms. The molecule has 0 atom stereocenters. The number of phenols is 1. The highest BCUT2D eigenvalue weighted by Gasteiger charge is 2.05. The first-order chi connectivity index (χ1) is 7.28. The van der Waals surface area contributed by atoms with Gasteiger partial charge in [0, 0.05) is 6.42 Å². The van der Waals surface area contributed by atoms with Crippen LogP contribution in [0.1, 0.15) is 17.3 Å². The van der Waals surface area contributed by atoms with E-state index in [1.54, 1.807) is 12.1 Å². The van der Waals surface area contributed by atoms with Crippen LogP contribution in [0.15, 0.2) is 28.8 Å². The van der Waals surface area contributed by atoms with Gasteiger partial charge in [0.2, 0.25) is 5.89 Å². The standard InChI is InChI=1S/C10H11N3O2/c11-6-10-12-9(13-15-10)5-7-1-3-8(14)4-2-7/h1-4,14H,5-6,11H2. The van der Waals surface area contributed by atoms with Gasteiger partial charge in [0.15, 0.2) is 5.82 Å². The number of hydrogen-bond donors (Lipinski definition) is 2. The Morgan fingerprint density at radius 3 is 2.60 bits per heavy atom. The zero-order valence-corrected chi connectivity index (χ0v) is 8.05. The van der Waals surface area contributed by atoms with Crippen molar-refractivity contribution < 1.29 is 9.63 Å². The molecule has 0 aliphatic heterocycles. The van der Waals surface area contributed by atoms with Crippen LogP contribution in [0.25, 0.3) is 0 Å². The summed E-state index contributed by atoms with van der Waals surface area (Å²) >= 11 is 0. The Balaban J connectivity index is 2.11. The van der Waals surface area contributed by atoms with Gasteiger partial charge in [0.05, 0.1) is 6.54 Å². The van der Waals surface area contributed by atoms with E-state index < -0.39 is 0 Å². The van der Waals surface area contributed by atoms with Crippen molar-refractivity contribution in [3.05, 3.63) is 41.5 Å². The third kappa shape index (κ3) is 2.32. The van der Waals surface area contributed by atoms with Gasteiger partial charge >= 0.3 is 0 Å². The number of aromatic nitrogens is 2. The van der Waals surface area contributed by atoms with Crippen LogP contribution in [0.3, 0.4) is 0 Å². The lowest BCUT2D eigenvalue weighted by molar-refractivity contribution is 0.375. The lowest BCUT2D eigenvalue weighted by Gasteiger charge is -1.96. The van der Waals surface area contributed by atoms with E-state index in [2.05, 4.69) is 10.1 Å². The summed E-state index contributed by atoms with van der Waals surface area (Å²) in [6.07, 6.45) is 0.573. The molecule has 0 aliphatic rings. The van der Waals surface area contributed by atoms with Crippen molar-refractivity contribution in [1.29, 1.82) is 0 Å². The van der Waals surface area contributed by atoms with E-state index in [-0.39, 0.29) is 12.3 Å². The van der Waals surface area contributed by atoms with Crippen LogP contribution >= 0.6 is 0 Å². The second-order valence-corrected chi connectivity index (χ2v) is 3.15. The molecule has 5 heteroatoms. The Labute approximate surface area is 86.5 Å². The minimum absolute atomic E-state index is 0.245. The largest absolute Gasteiger partial charge is 0.508 e. The van der Waals surface area contributed by atoms with E-state index >= 15 is 0 Å². The van der Waals surface area contributed by atoms with E-state index in [1.807, 2.05) is 12.1 Å². The molecule has 1 heterocycles. The summed E-state index contributed by atoms with van der Waals surface area (Å²) in [4.78, 5) is 4.08. The maximum absolute atomic E-state index is 9.10. The molecule has 15 heavy (non-hydrogen) atoms. The Hall–Kier alpha value is -1.88. The van der Waals surface area contributed by atoms with Crippen LogP contribution in [0.4, 0.5) is 0 Å². The molecule has 5 nitrogen and oxygen atoms in total. The van der Waals surface area contributed by atoms with Gasteiger partial charge in [-0.15, -0.1) is 0 Å². The summed E-state index contributed by atoms with van der Waals surface area (Å²) in [5.41, 5.74) is 6.36. The molecule has 0 fully saturated rings. The molecule has 2 aromatic rings. The molecule has 2 rings (SSSR count). The van der Waals surface area contributed by atoms with Gasteiger partial charge in [-0.05, 0) is 17.7 Å². The van der Waals surface area contributed by atoms with Gasteiger partial charge in [0.25, 0.3) is 0 Å². The summed E-state index contributed by atoms with van der Waals surface area (Å²) < 4.78 is 4.87. The third-order valence-corrected chi connectivity index (χ3v) is 1.98. The van der Waals surface area contributed by atoms with E-state index in [9.17, 15) is 0 Å². The molecule has 78 valence electrons. The van der Waals surface area contributed by atoms with Crippen LogP contribution in [-0.2, 0) is 13.0 Å². The van der Waals surface area contributed by atoms with Crippen molar-refractivity contribution in [2.75, 3.05) is 0 Å². The van der Waals surface area contributed by atoms with Crippen molar-refractivity contribution in [1.82, 2.24) is 10.1 Å². The first-order valence-corrected chi connectivity index (χ1v) is 4.57. The summed E-state index contributed by atoms with van der Waals surface area (Å²) in [5.74, 6) is 1.28. The molecule has 3 N–H and O–H groups in total. The quantitative estimate of drug-likeness (QED) is 0.775. The van der Waals surface area contributed by atoms with E-state index in [1.165, 1.54) is 0 Å². The highest BCUT2D eigenvalue weighted by Crippen LogP contribution is 2.12. The van der Waals surface area contributed by atoms with E-state index in [0.717, 1.165) is 5.56 Å². The lowest BCUT2D eigenvalue weighted by Crippen LogP contribution is -1.97. The molecule has 0 aliphatic carbocycles. The molecule has 0 bridgehead atoms. The fourth-order valence-electron chi connectivity index (χ4n) is 1.24. The Bertz CT molecular complexity index is 436. The van der Waals surface area contributed by atoms with Gasteiger partial charge in [0.1, 0.15) is 5.75 Å². The average molecular weight is 205 g/mol. The molecule has 1 aromatic heterocycles. The minimum atomic E-state index is 0.245. The molecule has 0 amide bonds. The molecule has 0 radical (unpaired) electrons. The number of benzene rings is 1. The van der Waals surface area contributed by atoms with Gasteiger partial charge < -0.3 is 15.4 Å². The summed E-state index contributed by atoms with van der Waals surface area (Å²) in [5, 5.41) is 12.9. The minimum Gasteiger partial charge on any atom is -0.508 e. The zero-order valence-electron chi connectivity index (χ0n) is 8.05. The molecule has 0 saturated carbocycles. The smallest absolute Gasteiger partial charge is 0.240 e. The molecule has 0 unspecified atom stereocenters. The van der Waals surface area contributed by atoms with Crippen molar-refractivity contribution in [2.24, 2.45) is 5.73 Å². The maximum Gasteiger partial charge on any atom is 0.240 e. The van der Waals surface area contributed by atoms with E-state index in [0.29, 0.717) is 18.1 Å². The first-order valence-electron chi connectivity index (χ1n) is 4.57. The second-order valence-electron chi connectivity index (χ2n) is 3.15. The molecule has 0 saturated heterocycles. The topological polar surface area (TPSA) is 85.2 Å². The average Bonchev–Trinajstić information content (AvgIpc) is 2.69. The molecule has 1 aromatic carbocycles. The number of nitrogens with two attached hydrogens (primary N) is 1. The highest BCUT2D eigenvalue weighted by molar-refractivity contribution is 5.27. The van der Waals surface area contributed by atoms with Gasteiger partial charge in [-0.25, -0.2) is 0 Å². The predicted molar refractivity (Wildman–Crippen MR) is 53.1 cm³/mol. The summed E-state index contributed by atoms with van der Waals surface area (Å²) in [6, 6.07) is 6.88. The molecular weight excluding hydrogens is 194 g/mol. The Morgan fingerprint density at radius 1 is 1.27 bits per heavy atom. The number of rotatable bonds is 3. The van der Waals surface area contributed by atoms with Crippen LogP contribution in [0.2, 0.25) is 0 Å². The third-order valence-electron chi connectivity index (χ3n) is 1.98. The van der Waals surface area contributed by atoms with Gasteiger partial charge in [-0.1, -0.05) is 17.3 Å². The van der Waals surface area contributed by atoms with Crippen molar-refractivity contribution in [3.8, 4) is 5.75 Å². The number of nitrogens with zero attached hydrogens (tertiary/aromatic N) is 2.